The Kier molecular flexibility index (Phi) is 6.12. The highest BCUT2D eigenvalue weighted by Gasteiger charge is 2.30. The van der Waals surface area contributed by atoms with Crippen LogP contribution in [0, 0.1) is 23.7 Å². The third-order valence-corrected chi connectivity index (χ3v) is 6.61. The van der Waals surface area contributed by atoms with Crippen LogP contribution in [0.25, 0.3) is 0 Å². The van der Waals surface area contributed by atoms with E-state index >= 15 is 0 Å². The van der Waals surface area contributed by atoms with Gasteiger partial charge in [0, 0.05) is 4.43 Å². The normalized spacial score (nSPS) is 39.2. The lowest BCUT2D eigenvalue weighted by Crippen LogP contribution is -2.26. The van der Waals surface area contributed by atoms with E-state index in [0.717, 1.165) is 23.7 Å². The van der Waals surface area contributed by atoms with Crippen LogP contribution in [0.5, 0.6) is 0 Å². The Morgan fingerprint density at radius 2 is 1.24 bits per heavy atom. The van der Waals surface area contributed by atoms with Crippen LogP contribution in [-0.4, -0.2) is 4.43 Å². The van der Waals surface area contributed by atoms with Crippen molar-refractivity contribution in [2.45, 2.75) is 71.1 Å². The van der Waals surface area contributed by atoms with Gasteiger partial charge in [0.1, 0.15) is 0 Å². The molecule has 0 atom stereocenters. The summed E-state index contributed by atoms with van der Waals surface area (Å²) in [5, 5.41) is 0. The van der Waals surface area contributed by atoms with Crippen LogP contribution in [0.2, 0.25) is 0 Å². The maximum absolute atomic E-state index is 2.58. The zero-order valence-electron chi connectivity index (χ0n) is 11.5. The zero-order valence-corrected chi connectivity index (χ0v) is 13.6. The third kappa shape index (κ3) is 4.11. The van der Waals surface area contributed by atoms with E-state index in [0.29, 0.717) is 0 Å². The van der Waals surface area contributed by atoms with Gasteiger partial charge < -0.3 is 0 Å². The number of halogens is 1. The summed E-state index contributed by atoms with van der Waals surface area (Å²) in [7, 11) is 0. The van der Waals surface area contributed by atoms with Crippen molar-refractivity contribution in [1.29, 1.82) is 0 Å². The van der Waals surface area contributed by atoms with Gasteiger partial charge in [0.2, 0.25) is 0 Å². The molecule has 0 aromatic rings. The molecule has 1 heteroatoms. The fourth-order valence-corrected chi connectivity index (χ4v) is 5.05. The highest BCUT2D eigenvalue weighted by molar-refractivity contribution is 14.1. The highest BCUT2D eigenvalue weighted by Crippen LogP contribution is 2.42. The second kappa shape index (κ2) is 7.35. The fraction of sp³-hybridized carbons (Fsp3) is 1.00. The first-order valence-electron chi connectivity index (χ1n) is 7.89. The van der Waals surface area contributed by atoms with Gasteiger partial charge in [-0.1, -0.05) is 55.2 Å². The molecular weight excluding hydrogens is 319 g/mol. The van der Waals surface area contributed by atoms with Gasteiger partial charge in [0.15, 0.2) is 0 Å². The van der Waals surface area contributed by atoms with Gasteiger partial charge in [-0.2, -0.15) is 0 Å². The summed E-state index contributed by atoms with van der Waals surface area (Å²) < 4.78 is 1.40. The number of rotatable bonds is 4. The van der Waals surface area contributed by atoms with Gasteiger partial charge in [-0.15, -0.1) is 0 Å². The van der Waals surface area contributed by atoms with Gasteiger partial charge >= 0.3 is 0 Å². The molecule has 0 aromatic carbocycles. The predicted molar refractivity (Wildman–Crippen MR) is 84.7 cm³/mol. The number of alkyl halides is 1. The Labute approximate surface area is 121 Å². The molecule has 2 aliphatic rings. The molecule has 0 aromatic heterocycles. The van der Waals surface area contributed by atoms with Gasteiger partial charge in [0.25, 0.3) is 0 Å². The van der Waals surface area contributed by atoms with E-state index in [1.165, 1.54) is 30.1 Å². The smallest absolute Gasteiger partial charge is 0.00237 e. The summed E-state index contributed by atoms with van der Waals surface area (Å²) in [6.07, 6.45) is 15.3. The summed E-state index contributed by atoms with van der Waals surface area (Å²) in [5.74, 6) is 4.36. The number of hydrogen-bond acceptors (Lipinski definition) is 0. The molecule has 100 valence electrons. The Morgan fingerprint density at radius 3 is 1.65 bits per heavy atom. The van der Waals surface area contributed by atoms with Gasteiger partial charge in [0.05, 0.1) is 0 Å². The SMILES string of the molecule is CCCC1CCC(C2CCC(CI)CC2)CC1. The second-order valence-electron chi connectivity index (χ2n) is 6.50. The van der Waals surface area contributed by atoms with Gasteiger partial charge in [-0.05, 0) is 62.2 Å². The quantitative estimate of drug-likeness (QED) is 0.443. The first-order valence-corrected chi connectivity index (χ1v) is 9.42. The van der Waals surface area contributed by atoms with E-state index < -0.39 is 0 Å². The molecule has 0 amide bonds. The molecule has 17 heavy (non-hydrogen) atoms. The molecule has 0 unspecified atom stereocenters. The molecular formula is C16H29I. The van der Waals surface area contributed by atoms with Gasteiger partial charge in [-0.25, -0.2) is 0 Å². The molecule has 0 saturated heterocycles. The first-order chi connectivity index (χ1) is 8.33. The summed E-state index contributed by atoms with van der Waals surface area (Å²) in [6, 6.07) is 0. The van der Waals surface area contributed by atoms with Crippen molar-refractivity contribution >= 4 is 22.6 Å². The fourth-order valence-electron chi connectivity index (χ4n) is 4.17. The maximum atomic E-state index is 2.58. The molecule has 2 fully saturated rings. The summed E-state index contributed by atoms with van der Waals surface area (Å²) in [6.45, 7) is 2.34. The minimum absolute atomic E-state index is 1.06. The second-order valence-corrected chi connectivity index (χ2v) is 7.39. The molecule has 0 spiro atoms. The van der Waals surface area contributed by atoms with E-state index in [2.05, 4.69) is 29.5 Å². The largest absolute Gasteiger partial charge is 0.0861 e. The van der Waals surface area contributed by atoms with Crippen LogP contribution in [0.15, 0.2) is 0 Å². The number of hydrogen-bond donors (Lipinski definition) is 0. The van der Waals surface area contributed by atoms with Crippen molar-refractivity contribution in [3.8, 4) is 0 Å². The average molecular weight is 348 g/mol. The van der Waals surface area contributed by atoms with Gasteiger partial charge in [-0.3, -0.25) is 0 Å². The summed E-state index contributed by atoms with van der Waals surface area (Å²) >= 11 is 2.58. The van der Waals surface area contributed by atoms with Crippen LogP contribution in [-0.2, 0) is 0 Å². The van der Waals surface area contributed by atoms with E-state index in [-0.39, 0.29) is 0 Å². The summed E-state index contributed by atoms with van der Waals surface area (Å²) in [4.78, 5) is 0. The molecule has 0 aliphatic heterocycles. The Bertz CT molecular complexity index is 198. The third-order valence-electron chi connectivity index (χ3n) is 5.36. The molecule has 2 saturated carbocycles. The van der Waals surface area contributed by atoms with E-state index in [4.69, 9.17) is 0 Å². The summed E-state index contributed by atoms with van der Waals surface area (Å²) in [5.41, 5.74) is 0. The highest BCUT2D eigenvalue weighted by atomic mass is 127. The maximum Gasteiger partial charge on any atom is 0.00237 e. The van der Waals surface area contributed by atoms with Crippen molar-refractivity contribution in [2.24, 2.45) is 23.7 Å². The predicted octanol–water partition coefficient (Wildman–Crippen LogP) is 5.83. The van der Waals surface area contributed by atoms with Crippen LogP contribution < -0.4 is 0 Å². The lowest BCUT2D eigenvalue weighted by Gasteiger charge is -2.37. The van der Waals surface area contributed by atoms with Crippen LogP contribution in [0.1, 0.15) is 71.1 Å². The Hall–Kier alpha value is 0.730. The lowest BCUT2D eigenvalue weighted by atomic mass is 9.69. The molecule has 0 heterocycles. The van der Waals surface area contributed by atoms with Crippen molar-refractivity contribution < 1.29 is 0 Å². The van der Waals surface area contributed by atoms with Crippen molar-refractivity contribution in [1.82, 2.24) is 0 Å². The van der Waals surface area contributed by atoms with Crippen molar-refractivity contribution in [2.75, 3.05) is 4.43 Å². The zero-order chi connectivity index (χ0) is 12.1. The van der Waals surface area contributed by atoms with E-state index in [1.54, 1.807) is 38.5 Å². The molecule has 0 N–H and O–H groups in total. The molecule has 0 bridgehead atoms. The first kappa shape index (κ1) is 14.1. The Balaban J connectivity index is 1.70. The molecule has 0 nitrogen and oxygen atoms in total. The van der Waals surface area contributed by atoms with Crippen LogP contribution in [0.4, 0.5) is 0 Å². The van der Waals surface area contributed by atoms with Crippen LogP contribution >= 0.6 is 22.6 Å². The van der Waals surface area contributed by atoms with E-state index in [9.17, 15) is 0 Å². The van der Waals surface area contributed by atoms with Crippen LogP contribution in [0.3, 0.4) is 0 Å². The van der Waals surface area contributed by atoms with Crippen molar-refractivity contribution in [3.63, 3.8) is 0 Å². The molecule has 2 rings (SSSR count). The minimum atomic E-state index is 1.06. The van der Waals surface area contributed by atoms with E-state index in [1.807, 2.05) is 0 Å². The topological polar surface area (TPSA) is 0 Å². The minimum Gasteiger partial charge on any atom is -0.0861 e. The average Bonchev–Trinajstić information content (AvgIpc) is 2.40. The molecule has 0 radical (unpaired) electrons. The van der Waals surface area contributed by atoms with Crippen molar-refractivity contribution in [3.05, 3.63) is 0 Å². The monoisotopic (exact) mass is 348 g/mol. The standard InChI is InChI=1S/C16H29I/c1-2-3-13-4-8-15(9-5-13)16-10-6-14(12-17)7-11-16/h13-16H,2-12H2,1H3. The Morgan fingerprint density at radius 1 is 0.765 bits per heavy atom. The lowest BCUT2D eigenvalue weighted by molar-refractivity contribution is 0.149. The molecule has 2 aliphatic carbocycles.